The molecule has 0 fully saturated rings. The molecule has 0 saturated carbocycles. The molecule has 1 aromatic heterocycles. The van der Waals surface area contributed by atoms with E-state index in [0.717, 1.165) is 0 Å². The summed E-state index contributed by atoms with van der Waals surface area (Å²) in [6.07, 6.45) is 2.43. The number of carboxylic acids is 1. The fraction of sp³-hybridized carbons (Fsp3) is 0.250. The van der Waals surface area contributed by atoms with Crippen LogP contribution < -0.4 is 0 Å². The maximum atomic E-state index is 10.5. The number of nitrogens with zero attached hydrogens (tertiary/aromatic N) is 2. The SMILES string of the molecule is Cc1nc(C=CCC(=O)O)c([N+](=O)[O-])[nH]1. The highest BCUT2D eigenvalue weighted by Crippen LogP contribution is 2.16. The molecular formula is C8H9N3O4. The molecule has 7 heteroatoms. The number of aromatic amines is 1. The summed E-state index contributed by atoms with van der Waals surface area (Å²) in [5.41, 5.74) is 0.138. The zero-order valence-corrected chi connectivity index (χ0v) is 7.93. The Morgan fingerprint density at radius 2 is 2.40 bits per heavy atom. The number of hydrogen-bond acceptors (Lipinski definition) is 4. The van der Waals surface area contributed by atoms with Gasteiger partial charge in [-0.1, -0.05) is 6.08 Å². The van der Waals surface area contributed by atoms with E-state index in [-0.39, 0.29) is 17.9 Å². The van der Waals surface area contributed by atoms with Gasteiger partial charge in [-0.3, -0.25) is 4.79 Å². The van der Waals surface area contributed by atoms with Gasteiger partial charge < -0.3 is 15.2 Å². The molecule has 0 aliphatic rings. The van der Waals surface area contributed by atoms with Crippen LogP contribution in [0.5, 0.6) is 0 Å². The average molecular weight is 211 g/mol. The zero-order valence-electron chi connectivity index (χ0n) is 7.93. The van der Waals surface area contributed by atoms with E-state index in [1.807, 2.05) is 0 Å². The third-order valence-corrected chi connectivity index (χ3v) is 1.58. The first-order valence-corrected chi connectivity index (χ1v) is 4.10. The average Bonchev–Trinajstić information content (AvgIpc) is 2.46. The van der Waals surface area contributed by atoms with Crippen molar-refractivity contribution >= 4 is 17.9 Å². The molecule has 7 nitrogen and oxygen atoms in total. The molecule has 1 rings (SSSR count). The third kappa shape index (κ3) is 2.90. The molecule has 0 saturated heterocycles. The van der Waals surface area contributed by atoms with E-state index in [1.54, 1.807) is 6.92 Å². The lowest BCUT2D eigenvalue weighted by molar-refractivity contribution is -0.389. The summed E-state index contributed by atoms with van der Waals surface area (Å²) < 4.78 is 0. The molecule has 0 aliphatic heterocycles. The van der Waals surface area contributed by atoms with E-state index in [2.05, 4.69) is 9.97 Å². The second kappa shape index (κ2) is 4.36. The van der Waals surface area contributed by atoms with Crippen molar-refractivity contribution in [2.45, 2.75) is 13.3 Å². The van der Waals surface area contributed by atoms with Crippen LogP contribution in [0, 0.1) is 17.0 Å². The second-order valence-corrected chi connectivity index (χ2v) is 2.81. The molecule has 0 radical (unpaired) electrons. The van der Waals surface area contributed by atoms with Gasteiger partial charge in [0.25, 0.3) is 0 Å². The molecule has 1 heterocycles. The largest absolute Gasteiger partial charge is 0.481 e. The molecule has 2 N–H and O–H groups in total. The van der Waals surface area contributed by atoms with Crippen LogP contribution in [0.15, 0.2) is 6.08 Å². The van der Waals surface area contributed by atoms with Crippen LogP contribution in [0.1, 0.15) is 17.9 Å². The topological polar surface area (TPSA) is 109 Å². The molecular weight excluding hydrogens is 202 g/mol. The molecule has 0 bridgehead atoms. The van der Waals surface area contributed by atoms with Crippen LogP contribution in [-0.2, 0) is 4.79 Å². The van der Waals surface area contributed by atoms with Gasteiger partial charge in [-0.15, -0.1) is 0 Å². The summed E-state index contributed by atoms with van der Waals surface area (Å²) >= 11 is 0. The summed E-state index contributed by atoms with van der Waals surface area (Å²) in [5.74, 6) is -0.813. The van der Waals surface area contributed by atoms with Crippen LogP contribution in [0.4, 0.5) is 5.82 Å². The van der Waals surface area contributed by atoms with Gasteiger partial charge in [0, 0.05) is 6.92 Å². The molecule has 0 amide bonds. The maximum absolute atomic E-state index is 10.5. The fourth-order valence-corrected chi connectivity index (χ4v) is 1.02. The van der Waals surface area contributed by atoms with Gasteiger partial charge in [0.15, 0.2) is 11.5 Å². The summed E-state index contributed by atoms with van der Waals surface area (Å²) in [6, 6.07) is 0. The van der Waals surface area contributed by atoms with Gasteiger partial charge in [-0.2, -0.15) is 0 Å². The highest BCUT2D eigenvalue weighted by Gasteiger charge is 2.14. The van der Waals surface area contributed by atoms with Crippen molar-refractivity contribution in [2.24, 2.45) is 0 Å². The van der Waals surface area contributed by atoms with Crippen molar-refractivity contribution in [2.75, 3.05) is 0 Å². The molecule has 0 aromatic carbocycles. The van der Waals surface area contributed by atoms with Crippen LogP contribution in [0.25, 0.3) is 6.08 Å². The van der Waals surface area contributed by atoms with E-state index in [0.29, 0.717) is 5.82 Å². The number of imidazole rings is 1. The normalized spacial score (nSPS) is 10.7. The molecule has 1 aromatic rings. The Labute approximate surface area is 84.6 Å². The van der Waals surface area contributed by atoms with Crippen molar-refractivity contribution < 1.29 is 14.8 Å². The van der Waals surface area contributed by atoms with Crippen LogP contribution in [0.3, 0.4) is 0 Å². The lowest BCUT2D eigenvalue weighted by Crippen LogP contribution is -1.92. The second-order valence-electron chi connectivity index (χ2n) is 2.81. The predicted molar refractivity (Wildman–Crippen MR) is 51.3 cm³/mol. The van der Waals surface area contributed by atoms with E-state index in [9.17, 15) is 14.9 Å². The van der Waals surface area contributed by atoms with Crippen molar-refractivity contribution in [3.05, 3.63) is 27.7 Å². The van der Waals surface area contributed by atoms with Gasteiger partial charge >= 0.3 is 11.8 Å². The highest BCUT2D eigenvalue weighted by atomic mass is 16.6. The predicted octanol–water partition coefficient (Wildman–Crippen LogP) is 1.11. The minimum Gasteiger partial charge on any atom is -0.481 e. The summed E-state index contributed by atoms with van der Waals surface area (Å²) in [6.45, 7) is 1.58. The van der Waals surface area contributed by atoms with Gasteiger partial charge in [0.05, 0.1) is 6.42 Å². The van der Waals surface area contributed by atoms with Crippen LogP contribution in [0.2, 0.25) is 0 Å². The lowest BCUT2D eigenvalue weighted by atomic mass is 10.3. The lowest BCUT2D eigenvalue weighted by Gasteiger charge is -1.90. The number of carboxylic acid groups (broad SMARTS) is 1. The molecule has 0 unspecified atom stereocenters. The first-order valence-electron chi connectivity index (χ1n) is 4.10. The Balaban J connectivity index is 2.88. The first kappa shape index (κ1) is 10.9. The van der Waals surface area contributed by atoms with Gasteiger partial charge in [-0.25, -0.2) is 9.97 Å². The summed E-state index contributed by atoms with van der Waals surface area (Å²) in [4.78, 5) is 26.4. The highest BCUT2D eigenvalue weighted by molar-refractivity contribution is 5.70. The van der Waals surface area contributed by atoms with Crippen LogP contribution >= 0.6 is 0 Å². The maximum Gasteiger partial charge on any atom is 0.348 e. The smallest absolute Gasteiger partial charge is 0.348 e. The van der Waals surface area contributed by atoms with E-state index < -0.39 is 10.9 Å². The molecule has 15 heavy (non-hydrogen) atoms. The number of carbonyl (C=O) groups is 1. The number of H-pyrrole nitrogens is 1. The monoisotopic (exact) mass is 211 g/mol. The quantitative estimate of drug-likeness (QED) is 0.572. The fourth-order valence-electron chi connectivity index (χ4n) is 1.02. The third-order valence-electron chi connectivity index (χ3n) is 1.58. The summed E-state index contributed by atoms with van der Waals surface area (Å²) in [5, 5.41) is 18.9. The van der Waals surface area contributed by atoms with Gasteiger partial charge in [-0.05, 0) is 11.0 Å². The number of aliphatic carboxylic acids is 1. The minimum atomic E-state index is -0.999. The van der Waals surface area contributed by atoms with Gasteiger partial charge in [0.2, 0.25) is 0 Å². The number of aryl methyl sites for hydroxylation is 1. The number of rotatable bonds is 4. The van der Waals surface area contributed by atoms with Gasteiger partial charge in [0.1, 0.15) is 0 Å². The van der Waals surface area contributed by atoms with Crippen molar-refractivity contribution in [3.8, 4) is 0 Å². The van der Waals surface area contributed by atoms with E-state index >= 15 is 0 Å². The number of nitro groups is 1. The Bertz CT molecular complexity index is 422. The molecule has 0 spiro atoms. The Morgan fingerprint density at radius 3 is 2.93 bits per heavy atom. The number of aromatic nitrogens is 2. The minimum absolute atomic E-state index is 0.138. The number of hydrogen-bond donors (Lipinski definition) is 2. The Hall–Kier alpha value is -2.18. The Kier molecular flexibility index (Phi) is 3.17. The van der Waals surface area contributed by atoms with Crippen molar-refractivity contribution in [1.82, 2.24) is 9.97 Å². The van der Waals surface area contributed by atoms with Crippen molar-refractivity contribution in [1.29, 1.82) is 0 Å². The Morgan fingerprint density at radius 1 is 1.73 bits per heavy atom. The van der Waals surface area contributed by atoms with E-state index in [4.69, 9.17) is 5.11 Å². The number of nitrogens with one attached hydrogen (secondary N) is 1. The zero-order chi connectivity index (χ0) is 11.4. The van der Waals surface area contributed by atoms with Crippen LogP contribution in [-0.4, -0.2) is 26.0 Å². The molecule has 0 aliphatic carbocycles. The van der Waals surface area contributed by atoms with E-state index in [1.165, 1.54) is 12.2 Å². The molecule has 0 atom stereocenters. The first-order chi connectivity index (χ1) is 7.00. The standard InChI is InChI=1S/C8H9N3O4/c1-5-9-6(3-2-4-7(12)13)8(10-5)11(14)15/h2-3H,4H2,1H3,(H,9,10)(H,12,13). The van der Waals surface area contributed by atoms with Crippen molar-refractivity contribution in [3.63, 3.8) is 0 Å². The molecule has 80 valence electrons. The summed E-state index contributed by atoms with van der Waals surface area (Å²) in [7, 11) is 0.